The van der Waals surface area contributed by atoms with Crippen molar-refractivity contribution in [3.05, 3.63) is 34.5 Å². The third kappa shape index (κ3) is 4.52. The Morgan fingerprint density at radius 3 is 2.43 bits per heavy atom. The van der Waals surface area contributed by atoms with E-state index in [4.69, 9.17) is 4.74 Å². The molecule has 1 fully saturated rings. The van der Waals surface area contributed by atoms with Crippen molar-refractivity contribution in [2.24, 2.45) is 0 Å². The van der Waals surface area contributed by atoms with E-state index in [1.54, 1.807) is 19.1 Å². The molecule has 2 aromatic rings. The third-order valence-electron chi connectivity index (χ3n) is 5.30. The maximum Gasteiger partial charge on any atom is 0.348 e. The lowest BCUT2D eigenvalue weighted by Gasteiger charge is -2.36. The lowest BCUT2D eigenvalue weighted by molar-refractivity contribution is 0.0529. The van der Waals surface area contributed by atoms with Crippen molar-refractivity contribution < 1.29 is 22.3 Å². The minimum atomic E-state index is -3.47. The lowest BCUT2D eigenvalue weighted by Crippen LogP contribution is -2.52. The van der Waals surface area contributed by atoms with Crippen LogP contribution in [0.1, 0.15) is 36.0 Å². The van der Waals surface area contributed by atoms with E-state index < -0.39 is 16.2 Å². The van der Waals surface area contributed by atoms with Gasteiger partial charge in [0.2, 0.25) is 0 Å². The van der Waals surface area contributed by atoms with Gasteiger partial charge < -0.3 is 4.74 Å². The highest BCUT2D eigenvalue weighted by Gasteiger charge is 2.32. The first-order valence-electron chi connectivity index (χ1n) is 10.2. The van der Waals surface area contributed by atoms with Crippen LogP contribution in [0, 0.1) is 5.82 Å². The monoisotopic (exact) mass is 457 g/mol. The van der Waals surface area contributed by atoms with Crippen LogP contribution in [-0.2, 0) is 21.5 Å². The molecular weight excluding hydrogens is 429 g/mol. The van der Waals surface area contributed by atoms with Gasteiger partial charge in [0, 0.05) is 61.5 Å². The molecule has 0 N–H and O–H groups in total. The number of thiophene rings is 1. The van der Waals surface area contributed by atoms with E-state index in [1.807, 2.05) is 13.8 Å². The smallest absolute Gasteiger partial charge is 0.348 e. The third-order valence-corrected chi connectivity index (χ3v) is 8.66. The van der Waals surface area contributed by atoms with Crippen molar-refractivity contribution in [3.63, 3.8) is 0 Å². The van der Waals surface area contributed by atoms with Gasteiger partial charge in [0.15, 0.2) is 0 Å². The molecule has 1 aliphatic heterocycles. The highest BCUT2D eigenvalue weighted by Crippen LogP contribution is 2.35. The van der Waals surface area contributed by atoms with Gasteiger partial charge >= 0.3 is 5.97 Å². The summed E-state index contributed by atoms with van der Waals surface area (Å²) in [4.78, 5) is 14.9. The molecule has 1 aromatic heterocycles. The van der Waals surface area contributed by atoms with Crippen LogP contribution in [0.15, 0.2) is 18.2 Å². The Hall–Kier alpha value is -1.59. The Bertz CT molecular complexity index is 997. The Labute approximate surface area is 181 Å². The molecule has 0 atom stereocenters. The minimum absolute atomic E-state index is 0.247. The molecule has 1 aliphatic rings. The van der Waals surface area contributed by atoms with Crippen molar-refractivity contribution in [2.75, 3.05) is 45.9 Å². The van der Waals surface area contributed by atoms with Crippen molar-refractivity contribution in [1.82, 2.24) is 13.5 Å². The number of ether oxygens (including phenoxy) is 1. The lowest BCUT2D eigenvalue weighted by atomic mass is 10.1. The zero-order chi connectivity index (χ0) is 21.9. The van der Waals surface area contributed by atoms with E-state index in [0.717, 1.165) is 0 Å². The molecule has 10 heteroatoms. The highest BCUT2D eigenvalue weighted by atomic mass is 32.2. The maximum atomic E-state index is 14.6. The SMILES string of the molecule is CCOC(=O)c1sc2cccc(F)c2c1CN1CCN(S(=O)(=O)N(CC)CC)CC1. The summed E-state index contributed by atoms with van der Waals surface area (Å²) >= 11 is 1.24. The Morgan fingerprint density at radius 1 is 1.17 bits per heavy atom. The summed E-state index contributed by atoms with van der Waals surface area (Å²) in [7, 11) is -3.47. The van der Waals surface area contributed by atoms with Crippen LogP contribution >= 0.6 is 11.3 Å². The van der Waals surface area contributed by atoms with Crippen molar-refractivity contribution in [1.29, 1.82) is 0 Å². The fourth-order valence-electron chi connectivity index (χ4n) is 3.73. The topological polar surface area (TPSA) is 70.2 Å². The molecule has 0 bridgehead atoms. The molecule has 0 spiro atoms. The average molecular weight is 458 g/mol. The summed E-state index contributed by atoms with van der Waals surface area (Å²) in [5.74, 6) is -0.812. The van der Waals surface area contributed by atoms with Crippen molar-refractivity contribution in [3.8, 4) is 0 Å². The molecule has 7 nitrogen and oxygen atoms in total. The van der Waals surface area contributed by atoms with Crippen LogP contribution in [0.3, 0.4) is 0 Å². The van der Waals surface area contributed by atoms with Gasteiger partial charge in [-0.3, -0.25) is 4.90 Å². The number of halogens is 1. The number of hydrogen-bond acceptors (Lipinski definition) is 6. The number of nitrogens with zero attached hydrogens (tertiary/aromatic N) is 3. The van der Waals surface area contributed by atoms with E-state index in [1.165, 1.54) is 26.0 Å². The van der Waals surface area contributed by atoms with Gasteiger partial charge in [0.25, 0.3) is 10.2 Å². The predicted octanol–water partition coefficient (Wildman–Crippen LogP) is 2.92. The number of carbonyl (C=O) groups is 1. The van der Waals surface area contributed by atoms with Crippen LogP contribution in [0.4, 0.5) is 4.39 Å². The van der Waals surface area contributed by atoms with Crippen LogP contribution in [0.25, 0.3) is 10.1 Å². The summed E-state index contributed by atoms with van der Waals surface area (Å²) in [5.41, 5.74) is 0.617. The van der Waals surface area contributed by atoms with Gasteiger partial charge in [0.1, 0.15) is 10.7 Å². The van der Waals surface area contributed by atoms with Gasteiger partial charge in [-0.25, -0.2) is 9.18 Å². The Morgan fingerprint density at radius 2 is 1.83 bits per heavy atom. The molecule has 0 amide bonds. The van der Waals surface area contributed by atoms with Gasteiger partial charge in [-0.2, -0.15) is 17.0 Å². The second-order valence-corrected chi connectivity index (χ2v) is 9.99. The van der Waals surface area contributed by atoms with Crippen LogP contribution in [0.5, 0.6) is 0 Å². The number of benzene rings is 1. The van der Waals surface area contributed by atoms with E-state index >= 15 is 0 Å². The van der Waals surface area contributed by atoms with E-state index in [-0.39, 0.29) is 12.4 Å². The number of hydrogen-bond donors (Lipinski definition) is 0. The number of rotatable bonds is 8. The molecule has 30 heavy (non-hydrogen) atoms. The van der Waals surface area contributed by atoms with Gasteiger partial charge in [0.05, 0.1) is 6.61 Å². The molecule has 0 aliphatic carbocycles. The van der Waals surface area contributed by atoms with Crippen molar-refractivity contribution in [2.45, 2.75) is 27.3 Å². The van der Waals surface area contributed by atoms with E-state index in [0.29, 0.717) is 66.3 Å². The molecule has 0 unspecified atom stereocenters. The Balaban J connectivity index is 1.81. The number of fused-ring (bicyclic) bond motifs is 1. The number of carbonyl (C=O) groups excluding carboxylic acids is 1. The zero-order valence-electron chi connectivity index (χ0n) is 17.6. The van der Waals surface area contributed by atoms with Gasteiger partial charge in [-0.15, -0.1) is 11.3 Å². The molecule has 1 aromatic carbocycles. The minimum Gasteiger partial charge on any atom is -0.462 e. The fraction of sp³-hybridized carbons (Fsp3) is 0.550. The molecule has 166 valence electrons. The largest absolute Gasteiger partial charge is 0.462 e. The number of esters is 1. The standard InChI is InChI=1S/C20H28FN3O4S2/c1-4-23(5-2)30(26,27)24-12-10-22(11-13-24)14-15-18-16(21)8-7-9-17(18)29-19(15)20(25)28-6-3/h7-9H,4-6,10-14H2,1-3H3. The van der Waals surface area contributed by atoms with E-state index in [2.05, 4.69) is 4.90 Å². The molecule has 3 rings (SSSR count). The summed E-state index contributed by atoms with van der Waals surface area (Å²) in [6.07, 6.45) is 0. The van der Waals surface area contributed by atoms with Gasteiger partial charge in [-0.05, 0) is 19.1 Å². The quantitative estimate of drug-likeness (QED) is 0.570. The van der Waals surface area contributed by atoms with Crippen molar-refractivity contribution >= 4 is 37.6 Å². The number of piperazine rings is 1. The fourth-order valence-corrected chi connectivity index (χ4v) is 6.46. The summed E-state index contributed by atoms with van der Waals surface area (Å²) in [6.45, 7) is 8.60. The molecule has 1 saturated heterocycles. The van der Waals surface area contributed by atoms with Gasteiger partial charge in [-0.1, -0.05) is 19.9 Å². The molecule has 2 heterocycles. The first-order chi connectivity index (χ1) is 14.3. The predicted molar refractivity (Wildman–Crippen MR) is 116 cm³/mol. The summed E-state index contributed by atoms with van der Waals surface area (Å²) in [5, 5.41) is 0.448. The van der Waals surface area contributed by atoms with Crippen LogP contribution in [-0.4, -0.2) is 73.8 Å². The van der Waals surface area contributed by atoms with Crippen LogP contribution in [0.2, 0.25) is 0 Å². The highest BCUT2D eigenvalue weighted by molar-refractivity contribution is 7.86. The first-order valence-corrected chi connectivity index (χ1v) is 12.4. The van der Waals surface area contributed by atoms with E-state index in [9.17, 15) is 17.6 Å². The second-order valence-electron chi connectivity index (χ2n) is 7.01. The maximum absolute atomic E-state index is 14.6. The molecule has 0 saturated carbocycles. The zero-order valence-corrected chi connectivity index (χ0v) is 19.2. The second kappa shape index (κ2) is 9.69. The Kier molecular flexibility index (Phi) is 7.46. The summed E-state index contributed by atoms with van der Waals surface area (Å²) in [6, 6.07) is 4.82. The summed E-state index contributed by atoms with van der Waals surface area (Å²) < 4.78 is 48.9. The van der Waals surface area contributed by atoms with Crippen LogP contribution < -0.4 is 0 Å². The average Bonchev–Trinajstić information content (AvgIpc) is 3.09. The molecular formula is C20H28FN3O4S2. The molecule has 0 radical (unpaired) electrons. The normalized spacial score (nSPS) is 16.4. The first kappa shape index (κ1) is 23.1.